The van der Waals surface area contributed by atoms with Gasteiger partial charge in [0.15, 0.2) is 23.2 Å². The smallest absolute Gasteiger partial charge is 0.261 e. The van der Waals surface area contributed by atoms with Gasteiger partial charge in [0.1, 0.15) is 17.2 Å². The first-order valence-electron chi connectivity index (χ1n) is 7.81. The van der Waals surface area contributed by atoms with Crippen LogP contribution < -0.4 is 10.1 Å². The lowest BCUT2D eigenvalue weighted by Crippen LogP contribution is -2.15. The van der Waals surface area contributed by atoms with Crippen molar-refractivity contribution < 1.29 is 31.5 Å². The van der Waals surface area contributed by atoms with Crippen molar-refractivity contribution >= 4 is 11.6 Å². The van der Waals surface area contributed by atoms with Crippen LogP contribution in [-0.2, 0) is 0 Å². The Morgan fingerprint density at radius 2 is 1.75 bits per heavy atom. The molecule has 4 nitrogen and oxygen atoms in total. The second-order valence-corrected chi connectivity index (χ2v) is 5.65. The number of carbonyl (C=O) groups is 1. The van der Waals surface area contributed by atoms with Crippen molar-refractivity contribution in [3.05, 3.63) is 82.8 Å². The van der Waals surface area contributed by atoms with E-state index in [1.54, 1.807) is 0 Å². The van der Waals surface area contributed by atoms with E-state index in [1.165, 1.54) is 18.3 Å². The average molecular weight is 394 g/mol. The third kappa shape index (κ3) is 3.78. The van der Waals surface area contributed by atoms with Gasteiger partial charge in [-0.25, -0.2) is 26.9 Å². The van der Waals surface area contributed by atoms with Crippen LogP contribution in [0.25, 0.3) is 0 Å². The quantitative estimate of drug-likeness (QED) is 0.493. The zero-order valence-electron chi connectivity index (χ0n) is 14.2. The number of aromatic nitrogens is 1. The maximum Gasteiger partial charge on any atom is 0.261 e. The monoisotopic (exact) mass is 394 g/mol. The minimum atomic E-state index is -1.37. The first-order chi connectivity index (χ1) is 13.3. The summed E-state index contributed by atoms with van der Waals surface area (Å²) in [5.74, 6) is -7.72. The van der Waals surface area contributed by atoms with Crippen LogP contribution >= 0.6 is 0 Å². The molecule has 3 aromatic rings. The van der Waals surface area contributed by atoms with Crippen molar-refractivity contribution in [3.63, 3.8) is 0 Å². The van der Waals surface area contributed by atoms with Gasteiger partial charge in [0.05, 0.1) is 5.69 Å². The summed E-state index contributed by atoms with van der Waals surface area (Å²) in [6.45, 7) is 1.02. The molecule has 144 valence electrons. The molecule has 0 fully saturated rings. The highest BCUT2D eigenvalue weighted by molar-refractivity contribution is 6.05. The Labute approximate surface area is 155 Å². The number of amides is 1. The molecular weight excluding hydrogens is 383 g/mol. The molecule has 0 radical (unpaired) electrons. The molecule has 28 heavy (non-hydrogen) atoms. The SMILES string of the molecule is Cc1c(F)c(F)cc(Oc2ncccc2C(=O)Nc2ccc(F)cc2F)c1F. The molecule has 1 heterocycles. The van der Waals surface area contributed by atoms with Crippen LogP contribution in [0, 0.1) is 36.0 Å². The molecule has 2 aromatic carbocycles. The van der Waals surface area contributed by atoms with E-state index in [0.717, 1.165) is 19.1 Å². The Bertz CT molecular complexity index is 1070. The largest absolute Gasteiger partial charge is 0.435 e. The highest BCUT2D eigenvalue weighted by Gasteiger charge is 2.21. The standard InChI is InChI=1S/C19H11F5N2O2/c1-9-16(23)13(22)8-15(17(9)24)28-19-11(3-2-6-25-19)18(27)26-14-5-4-10(20)7-12(14)21/h2-8H,1H3,(H,26,27). The van der Waals surface area contributed by atoms with Gasteiger partial charge in [-0.15, -0.1) is 0 Å². The molecule has 0 spiro atoms. The van der Waals surface area contributed by atoms with E-state index in [2.05, 4.69) is 10.3 Å². The number of anilines is 1. The summed E-state index contributed by atoms with van der Waals surface area (Å²) >= 11 is 0. The second kappa shape index (κ2) is 7.63. The van der Waals surface area contributed by atoms with E-state index >= 15 is 0 Å². The van der Waals surface area contributed by atoms with Crippen molar-refractivity contribution in [2.24, 2.45) is 0 Å². The van der Waals surface area contributed by atoms with Crippen LogP contribution in [0.2, 0.25) is 0 Å². The first-order valence-corrected chi connectivity index (χ1v) is 7.81. The Balaban J connectivity index is 1.93. The molecule has 9 heteroatoms. The minimum absolute atomic E-state index is 0.243. The van der Waals surface area contributed by atoms with Gasteiger partial charge in [-0.2, -0.15) is 0 Å². The van der Waals surface area contributed by atoms with Gasteiger partial charge in [-0.1, -0.05) is 0 Å². The van der Waals surface area contributed by atoms with Gasteiger partial charge < -0.3 is 10.1 Å². The first kappa shape index (κ1) is 19.3. The number of nitrogens with zero attached hydrogens (tertiary/aromatic N) is 1. The normalized spacial score (nSPS) is 10.6. The lowest BCUT2D eigenvalue weighted by molar-refractivity contribution is 0.102. The van der Waals surface area contributed by atoms with E-state index in [1.807, 2.05) is 0 Å². The fourth-order valence-electron chi connectivity index (χ4n) is 2.31. The summed E-state index contributed by atoms with van der Waals surface area (Å²) in [6.07, 6.45) is 1.22. The maximum absolute atomic E-state index is 14.2. The van der Waals surface area contributed by atoms with Crippen LogP contribution in [0.3, 0.4) is 0 Å². The minimum Gasteiger partial charge on any atom is -0.435 e. The molecule has 0 saturated heterocycles. The van der Waals surface area contributed by atoms with Gasteiger partial charge in [0.25, 0.3) is 5.91 Å². The number of nitrogens with one attached hydrogen (secondary N) is 1. The number of ether oxygens (including phenoxy) is 1. The molecular formula is C19H11F5N2O2. The van der Waals surface area contributed by atoms with E-state index < -0.39 is 52.2 Å². The molecule has 0 atom stereocenters. The molecule has 0 bridgehead atoms. The predicted molar refractivity (Wildman–Crippen MR) is 89.7 cm³/mol. The van der Waals surface area contributed by atoms with Crippen molar-refractivity contribution in [1.29, 1.82) is 0 Å². The van der Waals surface area contributed by atoms with Crippen LogP contribution in [0.1, 0.15) is 15.9 Å². The number of benzene rings is 2. The van der Waals surface area contributed by atoms with Gasteiger partial charge in [-0.3, -0.25) is 4.79 Å². The van der Waals surface area contributed by atoms with Crippen LogP contribution in [0.5, 0.6) is 11.6 Å². The van der Waals surface area contributed by atoms with E-state index in [9.17, 15) is 26.7 Å². The lowest BCUT2D eigenvalue weighted by Gasteiger charge is -2.12. The molecule has 0 aliphatic rings. The molecule has 0 aliphatic heterocycles. The number of rotatable bonds is 4. The zero-order valence-corrected chi connectivity index (χ0v) is 14.2. The van der Waals surface area contributed by atoms with Gasteiger partial charge in [0, 0.05) is 23.9 Å². The third-order valence-electron chi connectivity index (χ3n) is 3.74. The van der Waals surface area contributed by atoms with Crippen molar-refractivity contribution in [2.45, 2.75) is 6.92 Å². The number of hydrogen-bond donors (Lipinski definition) is 1. The van der Waals surface area contributed by atoms with E-state index in [0.29, 0.717) is 12.1 Å². The summed E-state index contributed by atoms with van der Waals surface area (Å²) < 4.78 is 73.0. The Morgan fingerprint density at radius 3 is 2.46 bits per heavy atom. The molecule has 1 aromatic heterocycles. The Hall–Kier alpha value is -3.49. The molecule has 0 saturated carbocycles. The maximum atomic E-state index is 14.2. The summed E-state index contributed by atoms with van der Waals surface area (Å²) in [5.41, 5.74) is -1.16. The summed E-state index contributed by atoms with van der Waals surface area (Å²) in [5, 5.41) is 2.20. The molecule has 0 unspecified atom stereocenters. The number of halogens is 5. The Morgan fingerprint density at radius 1 is 1.00 bits per heavy atom. The molecule has 3 rings (SSSR count). The Kier molecular flexibility index (Phi) is 5.25. The van der Waals surface area contributed by atoms with Crippen molar-refractivity contribution in [1.82, 2.24) is 4.98 Å². The average Bonchev–Trinajstić information content (AvgIpc) is 2.67. The highest BCUT2D eigenvalue weighted by Crippen LogP contribution is 2.30. The van der Waals surface area contributed by atoms with Crippen molar-refractivity contribution in [3.8, 4) is 11.6 Å². The molecule has 1 N–H and O–H groups in total. The van der Waals surface area contributed by atoms with Gasteiger partial charge in [0.2, 0.25) is 5.88 Å². The predicted octanol–water partition coefficient (Wildman–Crippen LogP) is 5.13. The van der Waals surface area contributed by atoms with Gasteiger partial charge in [-0.05, 0) is 31.2 Å². The van der Waals surface area contributed by atoms with Gasteiger partial charge >= 0.3 is 0 Å². The fraction of sp³-hybridized carbons (Fsp3) is 0.0526. The van der Waals surface area contributed by atoms with Crippen molar-refractivity contribution in [2.75, 3.05) is 5.32 Å². The lowest BCUT2D eigenvalue weighted by atomic mass is 10.2. The summed E-state index contributed by atoms with van der Waals surface area (Å²) in [4.78, 5) is 16.2. The molecule has 1 amide bonds. The topological polar surface area (TPSA) is 51.2 Å². The third-order valence-corrected chi connectivity index (χ3v) is 3.74. The summed E-state index contributed by atoms with van der Waals surface area (Å²) in [6, 6.07) is 5.61. The zero-order chi connectivity index (χ0) is 20.4. The number of pyridine rings is 1. The fourth-order valence-corrected chi connectivity index (χ4v) is 2.31. The van der Waals surface area contributed by atoms with Crippen LogP contribution in [0.15, 0.2) is 42.6 Å². The summed E-state index contributed by atoms with van der Waals surface area (Å²) in [7, 11) is 0. The number of hydrogen-bond acceptors (Lipinski definition) is 3. The van der Waals surface area contributed by atoms with E-state index in [-0.39, 0.29) is 11.3 Å². The molecule has 0 aliphatic carbocycles. The van der Waals surface area contributed by atoms with Crippen LogP contribution in [-0.4, -0.2) is 10.9 Å². The highest BCUT2D eigenvalue weighted by atomic mass is 19.2. The van der Waals surface area contributed by atoms with Crippen LogP contribution in [0.4, 0.5) is 27.6 Å². The van der Waals surface area contributed by atoms with E-state index in [4.69, 9.17) is 4.74 Å². The number of carbonyl (C=O) groups excluding carboxylic acids is 1. The second-order valence-electron chi connectivity index (χ2n) is 5.65.